The second-order valence-corrected chi connectivity index (χ2v) is 5.70. The Balaban J connectivity index is 2.29. The van der Waals surface area contributed by atoms with Crippen molar-refractivity contribution in [3.05, 3.63) is 29.8 Å². The van der Waals surface area contributed by atoms with Crippen LogP contribution in [0.5, 0.6) is 5.75 Å². The van der Waals surface area contributed by atoms with Crippen LogP contribution in [0.4, 0.5) is 0 Å². The Morgan fingerprint density at radius 3 is 2.42 bits per heavy atom. The zero-order valence-electron chi connectivity index (χ0n) is 12.4. The van der Waals surface area contributed by atoms with E-state index in [1.807, 2.05) is 26.0 Å². The fourth-order valence-electron chi connectivity index (χ4n) is 1.89. The van der Waals surface area contributed by atoms with Crippen LogP contribution in [-0.4, -0.2) is 6.61 Å². The third-order valence-corrected chi connectivity index (χ3v) is 3.26. The summed E-state index contributed by atoms with van der Waals surface area (Å²) in [6.45, 7) is 6.82. The molecule has 19 heavy (non-hydrogen) atoms. The van der Waals surface area contributed by atoms with Crippen molar-refractivity contribution in [1.82, 2.24) is 0 Å². The summed E-state index contributed by atoms with van der Waals surface area (Å²) in [5.41, 5.74) is 1.13. The molecule has 2 nitrogen and oxygen atoms in total. The van der Waals surface area contributed by atoms with E-state index in [1.54, 1.807) is 0 Å². The smallest absolute Gasteiger partial charge is 0.119 e. The van der Waals surface area contributed by atoms with E-state index in [-0.39, 0.29) is 5.41 Å². The average molecular weight is 259 g/mol. The van der Waals surface area contributed by atoms with Crippen LogP contribution in [0.2, 0.25) is 0 Å². The van der Waals surface area contributed by atoms with Crippen LogP contribution < -0.4 is 4.74 Å². The second-order valence-electron chi connectivity index (χ2n) is 5.70. The lowest BCUT2D eigenvalue weighted by atomic mass is 9.90. The Kier molecular flexibility index (Phi) is 6.42. The minimum Gasteiger partial charge on any atom is -0.494 e. The van der Waals surface area contributed by atoms with E-state index in [0.717, 1.165) is 25.0 Å². The molecule has 1 rings (SSSR count). The zero-order chi connectivity index (χ0) is 14.1. The largest absolute Gasteiger partial charge is 0.494 e. The fourth-order valence-corrected chi connectivity index (χ4v) is 1.89. The first kappa shape index (κ1) is 15.6. The summed E-state index contributed by atoms with van der Waals surface area (Å²) in [5, 5.41) is 8.92. The molecule has 0 atom stereocenters. The summed E-state index contributed by atoms with van der Waals surface area (Å²) in [7, 11) is 0. The van der Waals surface area contributed by atoms with Crippen molar-refractivity contribution in [3.63, 3.8) is 0 Å². The van der Waals surface area contributed by atoms with Gasteiger partial charge in [-0.1, -0.05) is 25.5 Å². The first-order valence-corrected chi connectivity index (χ1v) is 7.20. The van der Waals surface area contributed by atoms with Crippen LogP contribution in [0.1, 0.15) is 52.0 Å². The van der Waals surface area contributed by atoms with Crippen molar-refractivity contribution in [3.8, 4) is 11.8 Å². The molecule has 0 N–H and O–H groups in total. The SMILES string of the molecule is CCCCc1ccc(OCCCC(C)(C)C#N)cc1. The van der Waals surface area contributed by atoms with Crippen molar-refractivity contribution in [2.24, 2.45) is 5.41 Å². The highest BCUT2D eigenvalue weighted by atomic mass is 16.5. The Morgan fingerprint density at radius 1 is 1.16 bits per heavy atom. The quantitative estimate of drug-likeness (QED) is 0.632. The number of aryl methyl sites for hydroxylation is 1. The van der Waals surface area contributed by atoms with Gasteiger partial charge >= 0.3 is 0 Å². The van der Waals surface area contributed by atoms with Crippen LogP contribution >= 0.6 is 0 Å². The normalized spacial score (nSPS) is 11.1. The molecule has 0 heterocycles. The van der Waals surface area contributed by atoms with Gasteiger partial charge in [-0.3, -0.25) is 0 Å². The molecule has 0 saturated carbocycles. The Bertz CT molecular complexity index is 400. The van der Waals surface area contributed by atoms with Gasteiger partial charge in [0.05, 0.1) is 18.1 Å². The molecule has 2 heteroatoms. The van der Waals surface area contributed by atoms with Crippen molar-refractivity contribution < 1.29 is 4.74 Å². The predicted molar refractivity (Wildman–Crippen MR) is 79.2 cm³/mol. The number of benzene rings is 1. The van der Waals surface area contributed by atoms with Gasteiger partial charge in [0.2, 0.25) is 0 Å². The van der Waals surface area contributed by atoms with Crippen LogP contribution in [0.15, 0.2) is 24.3 Å². The molecule has 0 bridgehead atoms. The minimum atomic E-state index is -0.243. The van der Waals surface area contributed by atoms with E-state index in [9.17, 15) is 0 Å². The summed E-state index contributed by atoms with van der Waals surface area (Å²) in [6.07, 6.45) is 5.40. The Hall–Kier alpha value is -1.49. The van der Waals surface area contributed by atoms with E-state index in [0.29, 0.717) is 6.61 Å². The molecule has 0 amide bonds. The lowest BCUT2D eigenvalue weighted by molar-refractivity contribution is 0.284. The third-order valence-electron chi connectivity index (χ3n) is 3.26. The fraction of sp³-hybridized carbons (Fsp3) is 0.588. The molecular weight excluding hydrogens is 234 g/mol. The molecule has 104 valence electrons. The molecule has 0 aliphatic carbocycles. The molecule has 0 aliphatic rings. The average Bonchev–Trinajstić information content (AvgIpc) is 2.42. The van der Waals surface area contributed by atoms with Gasteiger partial charge in [-0.15, -0.1) is 0 Å². The monoisotopic (exact) mass is 259 g/mol. The molecule has 0 aromatic heterocycles. The highest BCUT2D eigenvalue weighted by molar-refractivity contribution is 5.27. The standard InChI is InChI=1S/C17H25NO/c1-4-5-7-15-8-10-16(11-9-15)19-13-6-12-17(2,3)14-18/h8-11H,4-7,12-13H2,1-3H3. The van der Waals surface area contributed by atoms with E-state index >= 15 is 0 Å². The molecule has 0 radical (unpaired) electrons. The van der Waals surface area contributed by atoms with Crippen LogP contribution in [0.25, 0.3) is 0 Å². The molecule has 0 unspecified atom stereocenters. The Morgan fingerprint density at radius 2 is 1.84 bits per heavy atom. The molecule has 0 saturated heterocycles. The summed E-state index contributed by atoms with van der Waals surface area (Å²) in [5.74, 6) is 0.926. The molecule has 1 aromatic carbocycles. The van der Waals surface area contributed by atoms with Crippen molar-refractivity contribution >= 4 is 0 Å². The van der Waals surface area contributed by atoms with E-state index in [1.165, 1.54) is 18.4 Å². The van der Waals surface area contributed by atoms with Gasteiger partial charge in [-0.25, -0.2) is 0 Å². The summed E-state index contributed by atoms with van der Waals surface area (Å²) >= 11 is 0. The lowest BCUT2D eigenvalue weighted by Gasteiger charge is -2.14. The van der Waals surface area contributed by atoms with Crippen molar-refractivity contribution in [2.45, 2.75) is 52.9 Å². The van der Waals surface area contributed by atoms with Crippen molar-refractivity contribution in [2.75, 3.05) is 6.61 Å². The number of ether oxygens (including phenoxy) is 1. The number of hydrogen-bond acceptors (Lipinski definition) is 2. The zero-order valence-corrected chi connectivity index (χ0v) is 12.4. The van der Waals surface area contributed by atoms with Crippen molar-refractivity contribution in [1.29, 1.82) is 5.26 Å². The summed E-state index contributed by atoms with van der Waals surface area (Å²) in [6, 6.07) is 10.7. The molecule has 1 aromatic rings. The first-order valence-electron chi connectivity index (χ1n) is 7.20. The number of nitriles is 1. The predicted octanol–water partition coefficient (Wildman–Crippen LogP) is 4.74. The minimum absolute atomic E-state index is 0.243. The van der Waals surface area contributed by atoms with Gasteiger partial charge in [0, 0.05) is 0 Å². The van der Waals surface area contributed by atoms with Gasteiger partial charge < -0.3 is 4.74 Å². The van der Waals surface area contributed by atoms with E-state index in [2.05, 4.69) is 25.1 Å². The second kappa shape index (κ2) is 7.84. The van der Waals surface area contributed by atoms with Crippen LogP contribution in [-0.2, 0) is 6.42 Å². The van der Waals surface area contributed by atoms with Gasteiger partial charge in [0.15, 0.2) is 0 Å². The number of hydrogen-bond donors (Lipinski definition) is 0. The van der Waals surface area contributed by atoms with E-state index < -0.39 is 0 Å². The van der Waals surface area contributed by atoms with Crippen LogP contribution in [0.3, 0.4) is 0 Å². The maximum Gasteiger partial charge on any atom is 0.119 e. The Labute approximate surface area is 117 Å². The number of unbranched alkanes of at least 4 members (excludes halogenated alkanes) is 1. The summed E-state index contributed by atoms with van der Waals surface area (Å²) in [4.78, 5) is 0. The molecule has 0 aliphatic heterocycles. The van der Waals surface area contributed by atoms with Gasteiger partial charge in [0.1, 0.15) is 5.75 Å². The maximum absolute atomic E-state index is 8.92. The highest BCUT2D eigenvalue weighted by Crippen LogP contribution is 2.21. The topological polar surface area (TPSA) is 33.0 Å². The van der Waals surface area contributed by atoms with Gasteiger partial charge in [-0.2, -0.15) is 5.26 Å². The number of nitrogens with zero attached hydrogens (tertiary/aromatic N) is 1. The lowest BCUT2D eigenvalue weighted by Crippen LogP contribution is -2.10. The maximum atomic E-state index is 8.92. The van der Waals surface area contributed by atoms with E-state index in [4.69, 9.17) is 10.00 Å². The summed E-state index contributed by atoms with van der Waals surface area (Å²) < 4.78 is 5.70. The molecule has 0 spiro atoms. The first-order chi connectivity index (χ1) is 9.07. The van der Waals surface area contributed by atoms with Crippen LogP contribution in [0, 0.1) is 16.7 Å². The third kappa shape index (κ3) is 6.29. The number of rotatable bonds is 8. The molecular formula is C17H25NO. The van der Waals surface area contributed by atoms with Gasteiger partial charge in [-0.05, 0) is 57.2 Å². The van der Waals surface area contributed by atoms with Gasteiger partial charge in [0.25, 0.3) is 0 Å². The highest BCUT2D eigenvalue weighted by Gasteiger charge is 2.15. The molecule has 0 fully saturated rings.